The highest BCUT2D eigenvalue weighted by molar-refractivity contribution is 7.88. The number of hydrogen-bond acceptors (Lipinski definition) is 4. The Morgan fingerprint density at radius 1 is 1.18 bits per heavy atom. The number of nitrogens with zero attached hydrogens (tertiary/aromatic N) is 4. The Kier molecular flexibility index (Phi) is 7.15. The zero-order valence-corrected chi connectivity index (χ0v) is 18.0. The third-order valence-electron chi connectivity index (χ3n) is 6.32. The van der Waals surface area contributed by atoms with Crippen molar-refractivity contribution in [1.29, 1.82) is 0 Å². The van der Waals surface area contributed by atoms with Crippen LogP contribution in [0.3, 0.4) is 0 Å². The van der Waals surface area contributed by atoms with Gasteiger partial charge in [0.2, 0.25) is 15.9 Å². The zero-order chi connectivity index (χ0) is 20.1. The Morgan fingerprint density at radius 3 is 2.43 bits per heavy atom. The van der Waals surface area contributed by atoms with E-state index in [1.165, 1.54) is 38.4 Å². The van der Waals surface area contributed by atoms with Gasteiger partial charge in [0.25, 0.3) is 0 Å². The molecule has 2 heterocycles. The molecule has 2 aliphatic rings. The van der Waals surface area contributed by atoms with E-state index >= 15 is 0 Å². The van der Waals surface area contributed by atoms with Crippen LogP contribution in [0.25, 0.3) is 0 Å². The maximum Gasteiger partial charge on any atom is 0.222 e. The summed E-state index contributed by atoms with van der Waals surface area (Å²) in [4.78, 5) is 18.8. The number of carbonyl (C=O) groups is 1. The SMILES string of the molecule is Cc1nccn1CCN(C1CCN(C(=O)CC2CCCCC2)CC1)S(C)(=O)=O. The van der Waals surface area contributed by atoms with Crippen molar-refractivity contribution < 1.29 is 13.2 Å². The van der Waals surface area contributed by atoms with Gasteiger partial charge in [-0.3, -0.25) is 4.79 Å². The van der Waals surface area contributed by atoms with E-state index in [0.717, 1.165) is 5.82 Å². The van der Waals surface area contributed by atoms with E-state index in [1.54, 1.807) is 10.5 Å². The van der Waals surface area contributed by atoms with E-state index in [9.17, 15) is 13.2 Å². The third kappa shape index (κ3) is 5.56. The molecular formula is C20H34N4O3S. The quantitative estimate of drug-likeness (QED) is 0.692. The van der Waals surface area contributed by atoms with E-state index in [4.69, 9.17) is 0 Å². The van der Waals surface area contributed by atoms with E-state index in [-0.39, 0.29) is 11.9 Å². The van der Waals surface area contributed by atoms with Crippen molar-refractivity contribution in [3.8, 4) is 0 Å². The van der Waals surface area contributed by atoms with E-state index in [1.807, 2.05) is 22.6 Å². The van der Waals surface area contributed by atoms with Crippen LogP contribution in [0.15, 0.2) is 12.4 Å². The fourth-order valence-corrected chi connectivity index (χ4v) is 5.80. The van der Waals surface area contributed by atoms with Crippen molar-refractivity contribution in [1.82, 2.24) is 18.8 Å². The van der Waals surface area contributed by atoms with Crippen molar-refractivity contribution in [2.75, 3.05) is 25.9 Å². The van der Waals surface area contributed by atoms with Crippen molar-refractivity contribution in [2.24, 2.45) is 5.92 Å². The minimum Gasteiger partial charge on any atom is -0.343 e. The fraction of sp³-hybridized carbons (Fsp3) is 0.800. The number of carbonyl (C=O) groups excluding carboxylic acids is 1. The maximum atomic E-state index is 12.6. The molecule has 1 saturated heterocycles. The molecule has 0 radical (unpaired) electrons. The predicted molar refractivity (Wildman–Crippen MR) is 109 cm³/mol. The van der Waals surface area contributed by atoms with Gasteiger partial charge in [-0.25, -0.2) is 13.4 Å². The van der Waals surface area contributed by atoms with Crippen LogP contribution in [-0.4, -0.2) is 65.0 Å². The number of piperidine rings is 1. The first-order chi connectivity index (χ1) is 13.3. The molecule has 0 aromatic carbocycles. The summed E-state index contributed by atoms with van der Waals surface area (Å²) in [5.74, 6) is 1.69. The molecule has 1 saturated carbocycles. The van der Waals surface area contributed by atoms with E-state index in [0.29, 0.717) is 51.4 Å². The third-order valence-corrected chi connectivity index (χ3v) is 7.66. The Balaban J connectivity index is 1.53. The number of sulfonamides is 1. The number of imidazole rings is 1. The molecule has 1 aromatic rings. The first-order valence-electron chi connectivity index (χ1n) is 10.6. The van der Waals surface area contributed by atoms with Gasteiger partial charge in [0.15, 0.2) is 0 Å². The molecule has 158 valence electrons. The summed E-state index contributed by atoms with van der Waals surface area (Å²) in [6.45, 7) is 4.27. The topological polar surface area (TPSA) is 75.5 Å². The molecule has 0 N–H and O–H groups in total. The Bertz CT molecular complexity index is 747. The lowest BCUT2D eigenvalue weighted by Gasteiger charge is -2.38. The van der Waals surface area contributed by atoms with Crippen LogP contribution in [-0.2, 0) is 21.4 Å². The normalized spacial score (nSPS) is 20.0. The maximum absolute atomic E-state index is 12.6. The molecule has 0 bridgehead atoms. The molecule has 2 fully saturated rings. The molecular weight excluding hydrogens is 376 g/mol. The summed E-state index contributed by atoms with van der Waals surface area (Å²) in [5.41, 5.74) is 0. The van der Waals surface area contributed by atoms with Crippen molar-refractivity contribution >= 4 is 15.9 Å². The highest BCUT2D eigenvalue weighted by atomic mass is 32.2. The number of rotatable bonds is 7. The number of aromatic nitrogens is 2. The van der Waals surface area contributed by atoms with Crippen LogP contribution in [0.2, 0.25) is 0 Å². The Labute approximate surface area is 169 Å². The predicted octanol–water partition coefficient (Wildman–Crippen LogP) is 2.41. The molecule has 1 aliphatic carbocycles. The molecule has 3 rings (SSSR count). The average Bonchev–Trinajstić information content (AvgIpc) is 3.07. The van der Waals surface area contributed by atoms with Crippen LogP contribution in [0.5, 0.6) is 0 Å². The van der Waals surface area contributed by atoms with Gasteiger partial charge in [0.05, 0.1) is 6.26 Å². The van der Waals surface area contributed by atoms with Gasteiger partial charge in [0.1, 0.15) is 5.82 Å². The van der Waals surface area contributed by atoms with Crippen LogP contribution < -0.4 is 0 Å². The summed E-state index contributed by atoms with van der Waals surface area (Å²) in [5, 5.41) is 0. The first-order valence-corrected chi connectivity index (χ1v) is 12.4. The molecule has 7 nitrogen and oxygen atoms in total. The number of likely N-dealkylation sites (tertiary alicyclic amines) is 1. The molecule has 1 aliphatic heterocycles. The van der Waals surface area contributed by atoms with Crippen molar-refractivity contribution in [2.45, 2.75) is 70.9 Å². The first kappa shape index (κ1) is 21.3. The summed E-state index contributed by atoms with van der Waals surface area (Å²) in [6, 6.07) is -0.0300. The van der Waals surface area contributed by atoms with Gasteiger partial charge >= 0.3 is 0 Å². The molecule has 8 heteroatoms. The second-order valence-corrected chi connectivity index (χ2v) is 10.3. The molecule has 0 unspecified atom stereocenters. The van der Waals surface area contributed by atoms with Gasteiger partial charge in [-0.15, -0.1) is 0 Å². The largest absolute Gasteiger partial charge is 0.343 e. The number of hydrogen-bond donors (Lipinski definition) is 0. The number of aryl methyl sites for hydroxylation is 1. The lowest BCUT2D eigenvalue weighted by molar-refractivity contribution is -0.133. The second-order valence-electron chi connectivity index (χ2n) is 8.36. The summed E-state index contributed by atoms with van der Waals surface area (Å²) < 4.78 is 28.3. The smallest absolute Gasteiger partial charge is 0.222 e. The Morgan fingerprint density at radius 2 is 1.86 bits per heavy atom. The molecule has 28 heavy (non-hydrogen) atoms. The molecule has 1 amide bonds. The van der Waals surface area contributed by atoms with Gasteiger partial charge in [-0.1, -0.05) is 19.3 Å². The lowest BCUT2D eigenvalue weighted by atomic mass is 9.86. The fourth-order valence-electron chi connectivity index (χ4n) is 4.64. The van der Waals surface area contributed by atoms with Gasteiger partial charge in [-0.2, -0.15) is 4.31 Å². The summed E-state index contributed by atoms with van der Waals surface area (Å²) in [7, 11) is -3.29. The number of amides is 1. The van der Waals surface area contributed by atoms with E-state index < -0.39 is 10.0 Å². The summed E-state index contributed by atoms with van der Waals surface area (Å²) >= 11 is 0. The highest BCUT2D eigenvalue weighted by Crippen LogP contribution is 2.28. The van der Waals surface area contributed by atoms with Crippen LogP contribution in [0, 0.1) is 12.8 Å². The van der Waals surface area contributed by atoms with Crippen LogP contribution in [0.1, 0.15) is 57.2 Å². The van der Waals surface area contributed by atoms with Gasteiger partial charge in [-0.05, 0) is 38.5 Å². The van der Waals surface area contributed by atoms with E-state index in [2.05, 4.69) is 4.98 Å². The van der Waals surface area contributed by atoms with Gasteiger partial charge in [0, 0.05) is 51.0 Å². The average molecular weight is 411 g/mol. The zero-order valence-electron chi connectivity index (χ0n) is 17.2. The Hall–Kier alpha value is -1.41. The standard InChI is InChI=1S/C20H34N4O3S/c1-17-21-10-13-22(17)14-15-24(28(2,26)27)19-8-11-23(12-9-19)20(25)16-18-6-4-3-5-7-18/h10,13,18-19H,3-9,11-12,14-16H2,1-2H3. The van der Waals surface area contributed by atoms with Crippen LogP contribution >= 0.6 is 0 Å². The minimum absolute atomic E-state index is 0.0300. The van der Waals surface area contributed by atoms with Crippen molar-refractivity contribution in [3.05, 3.63) is 18.2 Å². The minimum atomic E-state index is -3.29. The van der Waals surface area contributed by atoms with Gasteiger partial charge < -0.3 is 9.47 Å². The summed E-state index contributed by atoms with van der Waals surface area (Å²) in [6.07, 6.45) is 13.2. The highest BCUT2D eigenvalue weighted by Gasteiger charge is 2.32. The molecule has 1 aromatic heterocycles. The second kappa shape index (κ2) is 9.39. The van der Waals surface area contributed by atoms with Crippen LogP contribution in [0.4, 0.5) is 0 Å². The monoisotopic (exact) mass is 410 g/mol. The molecule has 0 atom stereocenters. The van der Waals surface area contributed by atoms with Crippen molar-refractivity contribution in [3.63, 3.8) is 0 Å². The molecule has 0 spiro atoms. The lowest BCUT2D eigenvalue weighted by Crippen LogP contribution is -2.49.